The van der Waals surface area contributed by atoms with Crippen LogP contribution in [0.1, 0.15) is 47.0 Å². The van der Waals surface area contributed by atoms with Crippen molar-refractivity contribution in [2.75, 3.05) is 6.61 Å². The van der Waals surface area contributed by atoms with Gasteiger partial charge in [-0.05, 0) is 12.3 Å². The Morgan fingerprint density at radius 1 is 1.30 bits per heavy atom. The highest BCUT2D eigenvalue weighted by molar-refractivity contribution is 4.48. The van der Waals surface area contributed by atoms with Crippen LogP contribution in [0.2, 0.25) is 0 Å². The van der Waals surface area contributed by atoms with Crippen LogP contribution in [-0.4, -0.2) is 11.7 Å². The molecule has 0 radical (unpaired) electrons. The minimum absolute atomic E-state index is 0.347. The Hall–Kier alpha value is -0.0400. The van der Waals surface area contributed by atoms with E-state index in [0.717, 1.165) is 0 Å². The smallest absolute Gasteiger partial charge is 0.0456 e. The highest BCUT2D eigenvalue weighted by Crippen LogP contribution is 2.04. The van der Waals surface area contributed by atoms with Gasteiger partial charge in [-0.1, -0.05) is 40.5 Å². The fourth-order valence-electron chi connectivity index (χ4n) is 0.644. The highest BCUT2D eigenvalue weighted by Gasteiger charge is 1.95. The summed E-state index contributed by atoms with van der Waals surface area (Å²) < 4.78 is 0. The molecule has 0 spiro atoms. The van der Waals surface area contributed by atoms with Gasteiger partial charge in [-0.3, -0.25) is 0 Å². The van der Waals surface area contributed by atoms with Crippen LogP contribution in [0.15, 0.2) is 0 Å². The Labute approximate surface area is 65.5 Å². The lowest BCUT2D eigenvalue weighted by Crippen LogP contribution is -1.98. The number of aliphatic hydroxyl groups excluding tert-OH is 1. The molecular weight excluding hydrogens is 124 g/mol. The van der Waals surface area contributed by atoms with E-state index in [1.165, 1.54) is 19.3 Å². The molecule has 0 aliphatic rings. The second-order valence-electron chi connectivity index (χ2n) is 2.43. The zero-order valence-corrected chi connectivity index (χ0v) is 7.85. The minimum atomic E-state index is 0.347. The van der Waals surface area contributed by atoms with Crippen molar-refractivity contribution < 1.29 is 5.11 Å². The van der Waals surface area contributed by atoms with Crippen molar-refractivity contribution >= 4 is 0 Å². The SMILES string of the molecule is CC.CCCCC(C)CO. The Kier molecular flexibility index (Phi) is 14.8. The van der Waals surface area contributed by atoms with E-state index in [9.17, 15) is 0 Å². The Balaban J connectivity index is 0. The van der Waals surface area contributed by atoms with Gasteiger partial charge >= 0.3 is 0 Å². The first-order valence-electron chi connectivity index (χ1n) is 4.42. The Morgan fingerprint density at radius 2 is 1.80 bits per heavy atom. The number of hydrogen-bond donors (Lipinski definition) is 1. The maximum Gasteiger partial charge on any atom is 0.0456 e. The zero-order valence-electron chi connectivity index (χ0n) is 7.85. The van der Waals surface area contributed by atoms with Gasteiger partial charge in [-0.15, -0.1) is 0 Å². The van der Waals surface area contributed by atoms with E-state index >= 15 is 0 Å². The van der Waals surface area contributed by atoms with Crippen LogP contribution in [0.3, 0.4) is 0 Å². The van der Waals surface area contributed by atoms with Crippen LogP contribution >= 0.6 is 0 Å². The van der Waals surface area contributed by atoms with Crippen molar-refractivity contribution in [3.8, 4) is 0 Å². The second-order valence-corrected chi connectivity index (χ2v) is 2.43. The molecule has 0 aromatic carbocycles. The summed E-state index contributed by atoms with van der Waals surface area (Å²) in [6, 6.07) is 0. The lowest BCUT2D eigenvalue weighted by Gasteiger charge is -2.03. The molecule has 0 aromatic heterocycles. The predicted octanol–water partition coefficient (Wildman–Crippen LogP) is 2.83. The van der Waals surface area contributed by atoms with Crippen molar-refractivity contribution in [2.24, 2.45) is 5.92 Å². The molecular formula is C9H22O. The largest absolute Gasteiger partial charge is 0.396 e. The first kappa shape index (κ1) is 12.6. The van der Waals surface area contributed by atoms with E-state index in [0.29, 0.717) is 12.5 Å². The molecule has 1 nitrogen and oxygen atoms in total. The highest BCUT2D eigenvalue weighted by atomic mass is 16.3. The summed E-state index contributed by atoms with van der Waals surface area (Å²) in [7, 11) is 0. The number of aliphatic hydroxyl groups is 1. The lowest BCUT2D eigenvalue weighted by atomic mass is 10.1. The van der Waals surface area contributed by atoms with Crippen LogP contribution in [0.5, 0.6) is 0 Å². The molecule has 0 rings (SSSR count). The predicted molar refractivity (Wildman–Crippen MR) is 47.1 cm³/mol. The van der Waals surface area contributed by atoms with Crippen LogP contribution < -0.4 is 0 Å². The summed E-state index contributed by atoms with van der Waals surface area (Å²) in [6.45, 7) is 8.60. The monoisotopic (exact) mass is 146 g/mol. The number of rotatable bonds is 4. The van der Waals surface area contributed by atoms with Gasteiger partial charge in [0.05, 0.1) is 0 Å². The average Bonchev–Trinajstić information content (AvgIpc) is 2.04. The summed E-state index contributed by atoms with van der Waals surface area (Å²) >= 11 is 0. The van der Waals surface area contributed by atoms with E-state index in [1.54, 1.807) is 0 Å². The van der Waals surface area contributed by atoms with Crippen molar-refractivity contribution in [3.63, 3.8) is 0 Å². The van der Waals surface area contributed by atoms with Gasteiger partial charge in [0.2, 0.25) is 0 Å². The van der Waals surface area contributed by atoms with E-state index < -0.39 is 0 Å². The van der Waals surface area contributed by atoms with Gasteiger partial charge < -0.3 is 5.11 Å². The van der Waals surface area contributed by atoms with E-state index in [1.807, 2.05) is 13.8 Å². The molecule has 0 saturated carbocycles. The molecule has 0 fully saturated rings. The molecule has 10 heavy (non-hydrogen) atoms. The molecule has 1 heteroatoms. The van der Waals surface area contributed by atoms with E-state index in [-0.39, 0.29) is 0 Å². The molecule has 0 aliphatic heterocycles. The first-order chi connectivity index (χ1) is 4.81. The van der Waals surface area contributed by atoms with Gasteiger partial charge in [-0.2, -0.15) is 0 Å². The summed E-state index contributed by atoms with van der Waals surface area (Å²) in [4.78, 5) is 0. The zero-order chi connectivity index (χ0) is 8.41. The maximum atomic E-state index is 8.56. The van der Waals surface area contributed by atoms with Crippen molar-refractivity contribution in [3.05, 3.63) is 0 Å². The maximum absolute atomic E-state index is 8.56. The normalized spacial score (nSPS) is 11.7. The second kappa shape index (κ2) is 11.7. The molecule has 1 atom stereocenters. The Bertz CT molecular complexity index is 44.0. The van der Waals surface area contributed by atoms with E-state index in [4.69, 9.17) is 5.11 Å². The summed E-state index contributed by atoms with van der Waals surface area (Å²) in [5, 5.41) is 8.56. The van der Waals surface area contributed by atoms with Crippen LogP contribution in [-0.2, 0) is 0 Å². The number of hydrogen-bond acceptors (Lipinski definition) is 1. The molecule has 0 aliphatic carbocycles. The van der Waals surface area contributed by atoms with Gasteiger partial charge in [0.15, 0.2) is 0 Å². The topological polar surface area (TPSA) is 20.2 Å². The van der Waals surface area contributed by atoms with Crippen molar-refractivity contribution in [2.45, 2.75) is 47.0 Å². The first-order valence-corrected chi connectivity index (χ1v) is 4.42. The molecule has 64 valence electrons. The van der Waals surface area contributed by atoms with Gasteiger partial charge in [0.25, 0.3) is 0 Å². The Morgan fingerprint density at radius 3 is 2.10 bits per heavy atom. The molecule has 1 unspecified atom stereocenters. The minimum Gasteiger partial charge on any atom is -0.396 e. The van der Waals surface area contributed by atoms with Gasteiger partial charge in [0.1, 0.15) is 0 Å². The molecule has 0 heterocycles. The third kappa shape index (κ3) is 10.9. The third-order valence-electron chi connectivity index (χ3n) is 1.36. The van der Waals surface area contributed by atoms with E-state index in [2.05, 4.69) is 13.8 Å². The average molecular weight is 146 g/mol. The van der Waals surface area contributed by atoms with Gasteiger partial charge in [0, 0.05) is 6.61 Å². The fraction of sp³-hybridized carbons (Fsp3) is 1.00. The standard InChI is InChI=1S/C7H16O.C2H6/c1-3-4-5-7(2)6-8;1-2/h7-8H,3-6H2,1-2H3;1-2H3. The van der Waals surface area contributed by atoms with Crippen LogP contribution in [0, 0.1) is 5.92 Å². The molecule has 0 bridgehead atoms. The third-order valence-corrected chi connectivity index (χ3v) is 1.36. The molecule has 0 amide bonds. The van der Waals surface area contributed by atoms with Crippen molar-refractivity contribution in [1.82, 2.24) is 0 Å². The fourth-order valence-corrected chi connectivity index (χ4v) is 0.644. The molecule has 0 saturated heterocycles. The number of unbranched alkanes of at least 4 members (excludes halogenated alkanes) is 1. The summed E-state index contributed by atoms with van der Waals surface area (Å²) in [6.07, 6.45) is 3.67. The van der Waals surface area contributed by atoms with Crippen LogP contribution in [0.25, 0.3) is 0 Å². The summed E-state index contributed by atoms with van der Waals surface area (Å²) in [5.41, 5.74) is 0. The lowest BCUT2D eigenvalue weighted by molar-refractivity contribution is 0.228. The quantitative estimate of drug-likeness (QED) is 0.646. The van der Waals surface area contributed by atoms with Gasteiger partial charge in [-0.25, -0.2) is 0 Å². The summed E-state index contributed by atoms with van der Waals surface area (Å²) in [5.74, 6) is 0.509. The van der Waals surface area contributed by atoms with Crippen LogP contribution in [0.4, 0.5) is 0 Å². The molecule has 0 aromatic rings. The van der Waals surface area contributed by atoms with Crippen molar-refractivity contribution in [1.29, 1.82) is 0 Å². The molecule has 1 N–H and O–H groups in total.